The van der Waals surface area contributed by atoms with Crippen LogP contribution in [0.2, 0.25) is 0 Å². The summed E-state index contributed by atoms with van der Waals surface area (Å²) in [5.41, 5.74) is 5.89. The van der Waals surface area contributed by atoms with Crippen LogP contribution in [0, 0.1) is 0 Å². The molecule has 1 aromatic heterocycles. The number of rotatable bonds is 3. The maximum atomic E-state index is 3.98. The van der Waals surface area contributed by atoms with Gasteiger partial charge in [-0.2, -0.15) is 0 Å². The van der Waals surface area contributed by atoms with Gasteiger partial charge in [-0.25, -0.2) is 0 Å². The maximum Gasteiger partial charge on any atom is 0.0471 e. The largest absolute Gasteiger partial charge is 0.355 e. The first-order valence-electron chi connectivity index (χ1n) is 6.80. The molecule has 2 aromatic carbocycles. The molecule has 20 heavy (non-hydrogen) atoms. The Bertz CT molecular complexity index is 776. The van der Waals surface area contributed by atoms with Gasteiger partial charge in [0.05, 0.1) is 0 Å². The molecule has 0 radical (unpaired) electrons. The van der Waals surface area contributed by atoms with E-state index < -0.39 is 0 Å². The summed E-state index contributed by atoms with van der Waals surface area (Å²) in [6, 6.07) is 16.8. The summed E-state index contributed by atoms with van der Waals surface area (Å²) in [5, 5.41) is 1.24. The van der Waals surface area contributed by atoms with Crippen molar-refractivity contribution in [3.8, 4) is 11.1 Å². The number of benzene rings is 2. The molecule has 0 amide bonds. The van der Waals surface area contributed by atoms with E-state index in [4.69, 9.17) is 0 Å². The fraction of sp³-hybridized carbons (Fsp3) is 0.0526. The molecule has 0 fully saturated rings. The van der Waals surface area contributed by atoms with Crippen LogP contribution in [0.15, 0.2) is 61.2 Å². The van der Waals surface area contributed by atoms with Crippen molar-refractivity contribution in [3.63, 3.8) is 0 Å². The number of aromatic nitrogens is 1. The molecular weight excluding hydrogens is 242 g/mol. The first kappa shape index (κ1) is 12.5. The highest BCUT2D eigenvalue weighted by Gasteiger charge is 2.11. The molecule has 0 aliphatic heterocycles. The Balaban J connectivity index is 2.36. The van der Waals surface area contributed by atoms with Crippen molar-refractivity contribution in [1.82, 2.24) is 4.98 Å². The number of allylic oxidation sites excluding steroid dienone is 1. The molecule has 0 spiro atoms. The Kier molecular flexibility index (Phi) is 3.26. The lowest BCUT2D eigenvalue weighted by molar-refractivity contribution is 1.42. The summed E-state index contributed by atoms with van der Waals surface area (Å²) in [6.45, 7) is 6.00. The van der Waals surface area contributed by atoms with Crippen molar-refractivity contribution in [3.05, 3.63) is 72.4 Å². The van der Waals surface area contributed by atoms with Crippen LogP contribution in [-0.4, -0.2) is 4.98 Å². The van der Waals surface area contributed by atoms with Crippen LogP contribution in [0.4, 0.5) is 0 Å². The first-order valence-corrected chi connectivity index (χ1v) is 6.80. The highest BCUT2D eigenvalue weighted by molar-refractivity contribution is 6.03. The van der Waals surface area contributed by atoms with E-state index in [9.17, 15) is 0 Å². The molecule has 1 N–H and O–H groups in total. The fourth-order valence-corrected chi connectivity index (χ4v) is 2.66. The van der Waals surface area contributed by atoms with Gasteiger partial charge in [0, 0.05) is 22.2 Å². The third-order valence-corrected chi connectivity index (χ3v) is 3.52. The molecule has 0 aliphatic rings. The zero-order valence-corrected chi connectivity index (χ0v) is 11.6. The second-order valence-corrected chi connectivity index (χ2v) is 4.75. The number of hydrogen-bond donors (Lipinski definition) is 1. The minimum Gasteiger partial charge on any atom is -0.355 e. The van der Waals surface area contributed by atoms with E-state index in [0.29, 0.717) is 0 Å². The molecule has 3 rings (SSSR count). The zero-order chi connectivity index (χ0) is 13.9. The molecule has 0 atom stereocenters. The Morgan fingerprint density at radius 2 is 1.80 bits per heavy atom. The van der Waals surface area contributed by atoms with Gasteiger partial charge < -0.3 is 4.98 Å². The van der Waals surface area contributed by atoms with E-state index in [1.807, 2.05) is 25.1 Å². The SMILES string of the molecule is C=Cc1c(/C=C\C)[nH]c2cccc(-c3ccccc3)c12. The van der Waals surface area contributed by atoms with E-state index in [2.05, 4.69) is 60.1 Å². The average Bonchev–Trinajstić information content (AvgIpc) is 2.85. The van der Waals surface area contributed by atoms with E-state index in [1.165, 1.54) is 16.5 Å². The van der Waals surface area contributed by atoms with Gasteiger partial charge in [0.15, 0.2) is 0 Å². The van der Waals surface area contributed by atoms with Crippen LogP contribution in [0.5, 0.6) is 0 Å². The highest BCUT2D eigenvalue weighted by Crippen LogP contribution is 2.33. The van der Waals surface area contributed by atoms with Gasteiger partial charge in [0.2, 0.25) is 0 Å². The Morgan fingerprint density at radius 3 is 2.50 bits per heavy atom. The number of nitrogens with one attached hydrogen (secondary N) is 1. The number of hydrogen-bond acceptors (Lipinski definition) is 0. The predicted octanol–water partition coefficient (Wildman–Crippen LogP) is 5.51. The van der Waals surface area contributed by atoms with Crippen molar-refractivity contribution >= 4 is 23.1 Å². The number of aromatic amines is 1. The number of H-pyrrole nitrogens is 1. The minimum absolute atomic E-state index is 1.11. The normalized spacial score (nSPS) is 11.2. The Hall–Kier alpha value is -2.54. The number of fused-ring (bicyclic) bond motifs is 1. The molecule has 0 aliphatic carbocycles. The van der Waals surface area contributed by atoms with Crippen molar-refractivity contribution in [1.29, 1.82) is 0 Å². The lowest BCUT2D eigenvalue weighted by atomic mass is 9.98. The van der Waals surface area contributed by atoms with E-state index >= 15 is 0 Å². The molecule has 0 saturated heterocycles. The van der Waals surface area contributed by atoms with Crippen molar-refractivity contribution in [2.24, 2.45) is 0 Å². The predicted molar refractivity (Wildman–Crippen MR) is 88.5 cm³/mol. The molecule has 1 nitrogen and oxygen atoms in total. The molecule has 0 bridgehead atoms. The lowest BCUT2D eigenvalue weighted by Crippen LogP contribution is -1.80. The second kappa shape index (κ2) is 5.22. The minimum atomic E-state index is 1.11. The van der Waals surface area contributed by atoms with Crippen LogP contribution in [0.1, 0.15) is 18.2 Å². The van der Waals surface area contributed by atoms with Crippen molar-refractivity contribution in [2.45, 2.75) is 6.92 Å². The van der Waals surface area contributed by atoms with Crippen LogP contribution >= 0.6 is 0 Å². The Labute approximate surface area is 119 Å². The van der Waals surface area contributed by atoms with Crippen LogP contribution in [0.3, 0.4) is 0 Å². The van der Waals surface area contributed by atoms with E-state index in [0.717, 1.165) is 16.8 Å². The van der Waals surface area contributed by atoms with Gasteiger partial charge in [0.1, 0.15) is 0 Å². The summed E-state index contributed by atoms with van der Waals surface area (Å²) in [5.74, 6) is 0. The Morgan fingerprint density at radius 1 is 1.00 bits per heavy atom. The highest BCUT2D eigenvalue weighted by atomic mass is 14.7. The monoisotopic (exact) mass is 259 g/mol. The summed E-state index contributed by atoms with van der Waals surface area (Å²) < 4.78 is 0. The molecular formula is C19H17N. The second-order valence-electron chi connectivity index (χ2n) is 4.75. The van der Waals surface area contributed by atoms with Gasteiger partial charge in [-0.05, 0) is 30.2 Å². The summed E-state index contributed by atoms with van der Waals surface area (Å²) in [4.78, 5) is 3.47. The topological polar surface area (TPSA) is 15.8 Å². The summed E-state index contributed by atoms with van der Waals surface area (Å²) >= 11 is 0. The van der Waals surface area contributed by atoms with Crippen LogP contribution in [-0.2, 0) is 0 Å². The molecule has 0 saturated carbocycles. The zero-order valence-electron chi connectivity index (χ0n) is 11.6. The molecule has 1 heteroatoms. The van der Waals surface area contributed by atoms with Crippen molar-refractivity contribution in [2.75, 3.05) is 0 Å². The molecule has 3 aromatic rings. The average molecular weight is 259 g/mol. The summed E-state index contributed by atoms with van der Waals surface area (Å²) in [7, 11) is 0. The van der Waals surface area contributed by atoms with E-state index in [-0.39, 0.29) is 0 Å². The standard InChI is InChI=1S/C19H17N/c1-3-9-17-15(4-2)19-16(12-8-13-18(19)20-17)14-10-6-5-7-11-14/h3-13,20H,2H2,1H3/b9-3-. The maximum absolute atomic E-state index is 3.98. The third kappa shape index (κ3) is 1.97. The van der Waals surface area contributed by atoms with Gasteiger partial charge in [0.25, 0.3) is 0 Å². The summed E-state index contributed by atoms with van der Waals surface area (Å²) in [6.07, 6.45) is 6.06. The fourth-order valence-electron chi connectivity index (χ4n) is 2.66. The molecule has 0 unspecified atom stereocenters. The first-order chi connectivity index (χ1) is 9.85. The van der Waals surface area contributed by atoms with Crippen LogP contribution in [0.25, 0.3) is 34.2 Å². The van der Waals surface area contributed by atoms with Gasteiger partial charge in [-0.15, -0.1) is 0 Å². The lowest BCUT2D eigenvalue weighted by Gasteiger charge is -2.05. The van der Waals surface area contributed by atoms with Gasteiger partial charge >= 0.3 is 0 Å². The van der Waals surface area contributed by atoms with Crippen molar-refractivity contribution < 1.29 is 0 Å². The smallest absolute Gasteiger partial charge is 0.0471 e. The molecule has 1 heterocycles. The van der Waals surface area contributed by atoms with Gasteiger partial charge in [-0.3, -0.25) is 0 Å². The van der Waals surface area contributed by atoms with Crippen LogP contribution < -0.4 is 0 Å². The van der Waals surface area contributed by atoms with Gasteiger partial charge in [-0.1, -0.05) is 61.2 Å². The quantitative estimate of drug-likeness (QED) is 0.638. The van der Waals surface area contributed by atoms with E-state index in [1.54, 1.807) is 0 Å². The third-order valence-electron chi connectivity index (χ3n) is 3.52. The molecule has 98 valence electrons.